The van der Waals surface area contributed by atoms with Crippen LogP contribution < -0.4 is 5.32 Å². The van der Waals surface area contributed by atoms with Crippen molar-refractivity contribution in [2.75, 3.05) is 0 Å². The minimum atomic E-state index is -0.212. The Labute approximate surface area is 86.4 Å². The van der Waals surface area contributed by atoms with Crippen LogP contribution in [0.1, 0.15) is 27.2 Å². The molecule has 0 spiro atoms. The van der Waals surface area contributed by atoms with Crippen LogP contribution in [0.15, 0.2) is 36.5 Å². The van der Waals surface area contributed by atoms with E-state index < -0.39 is 0 Å². The standard InChI is InChI=1S/C12H19NO/c1-5-7-11(8-6-2)9-12(3,4)13-10-14/h5-8,10H,1,9H2,2-4H3,(H,13,14)/b8-6-,11-7+. The van der Waals surface area contributed by atoms with Crippen LogP contribution in [-0.2, 0) is 4.79 Å². The first-order chi connectivity index (χ1) is 6.55. The van der Waals surface area contributed by atoms with Crippen LogP contribution in [0.4, 0.5) is 0 Å². The van der Waals surface area contributed by atoms with Gasteiger partial charge in [0.1, 0.15) is 0 Å². The fraction of sp³-hybridized carbons (Fsp3) is 0.417. The van der Waals surface area contributed by atoms with E-state index in [-0.39, 0.29) is 5.54 Å². The Kier molecular flexibility index (Phi) is 5.61. The maximum Gasteiger partial charge on any atom is 0.207 e. The number of amides is 1. The molecule has 0 aliphatic rings. The minimum absolute atomic E-state index is 0.212. The number of hydrogen-bond acceptors (Lipinski definition) is 1. The normalized spacial score (nSPS) is 12.9. The average molecular weight is 193 g/mol. The largest absolute Gasteiger partial charge is 0.353 e. The molecule has 0 unspecified atom stereocenters. The quantitative estimate of drug-likeness (QED) is 0.510. The summed E-state index contributed by atoms with van der Waals surface area (Å²) in [4.78, 5) is 10.3. The number of rotatable bonds is 6. The summed E-state index contributed by atoms with van der Waals surface area (Å²) in [7, 11) is 0. The summed E-state index contributed by atoms with van der Waals surface area (Å²) in [5.41, 5.74) is 0.942. The predicted octanol–water partition coefficient (Wildman–Crippen LogP) is 2.59. The van der Waals surface area contributed by atoms with Gasteiger partial charge >= 0.3 is 0 Å². The lowest BCUT2D eigenvalue weighted by atomic mass is 9.94. The molecular weight excluding hydrogens is 174 g/mol. The van der Waals surface area contributed by atoms with E-state index in [0.717, 1.165) is 18.4 Å². The molecule has 0 atom stereocenters. The fourth-order valence-corrected chi connectivity index (χ4v) is 1.26. The molecule has 0 aliphatic carbocycles. The van der Waals surface area contributed by atoms with Crippen molar-refractivity contribution < 1.29 is 4.79 Å². The number of hydrogen-bond donors (Lipinski definition) is 1. The molecule has 0 aromatic heterocycles. The SMILES string of the molecule is C=C/C=C(\C=C/C)CC(C)(C)NC=O. The first kappa shape index (κ1) is 12.7. The van der Waals surface area contributed by atoms with Crippen LogP contribution >= 0.6 is 0 Å². The monoisotopic (exact) mass is 193 g/mol. The summed E-state index contributed by atoms with van der Waals surface area (Å²) in [6.07, 6.45) is 9.24. The van der Waals surface area contributed by atoms with E-state index in [4.69, 9.17) is 0 Å². The molecule has 1 N–H and O–H groups in total. The highest BCUT2D eigenvalue weighted by molar-refractivity contribution is 5.48. The average Bonchev–Trinajstić information content (AvgIpc) is 2.03. The van der Waals surface area contributed by atoms with E-state index in [2.05, 4.69) is 11.9 Å². The molecule has 0 aromatic carbocycles. The van der Waals surface area contributed by atoms with Crippen LogP contribution in [0.25, 0.3) is 0 Å². The van der Waals surface area contributed by atoms with Gasteiger partial charge in [-0.3, -0.25) is 4.79 Å². The van der Waals surface area contributed by atoms with E-state index >= 15 is 0 Å². The number of carbonyl (C=O) groups is 1. The molecule has 0 heterocycles. The lowest BCUT2D eigenvalue weighted by molar-refractivity contribution is -0.110. The second-order valence-electron chi connectivity index (χ2n) is 3.80. The van der Waals surface area contributed by atoms with Crippen LogP contribution in [0, 0.1) is 0 Å². The van der Waals surface area contributed by atoms with Crippen LogP contribution in [-0.4, -0.2) is 11.9 Å². The number of carbonyl (C=O) groups excluding carboxylic acids is 1. The van der Waals surface area contributed by atoms with E-state index in [1.807, 2.05) is 39.0 Å². The molecule has 2 heteroatoms. The van der Waals surface area contributed by atoms with Gasteiger partial charge in [-0.2, -0.15) is 0 Å². The molecular formula is C12H19NO. The second kappa shape index (κ2) is 6.19. The van der Waals surface area contributed by atoms with Gasteiger partial charge in [0.25, 0.3) is 0 Å². The second-order valence-corrected chi connectivity index (χ2v) is 3.80. The van der Waals surface area contributed by atoms with Gasteiger partial charge in [0.05, 0.1) is 0 Å². The number of nitrogens with one attached hydrogen (secondary N) is 1. The number of allylic oxidation sites excluding steroid dienone is 4. The lowest BCUT2D eigenvalue weighted by Crippen LogP contribution is -2.38. The Balaban J connectivity index is 4.50. The molecule has 0 fully saturated rings. The van der Waals surface area contributed by atoms with Gasteiger partial charge in [0, 0.05) is 5.54 Å². The van der Waals surface area contributed by atoms with Gasteiger partial charge in [-0.05, 0) is 32.8 Å². The highest BCUT2D eigenvalue weighted by Crippen LogP contribution is 2.16. The van der Waals surface area contributed by atoms with Gasteiger partial charge in [-0.15, -0.1) is 0 Å². The highest BCUT2D eigenvalue weighted by Gasteiger charge is 2.16. The van der Waals surface area contributed by atoms with E-state index in [1.165, 1.54) is 0 Å². The van der Waals surface area contributed by atoms with Gasteiger partial charge in [-0.25, -0.2) is 0 Å². The Morgan fingerprint density at radius 2 is 2.14 bits per heavy atom. The third kappa shape index (κ3) is 5.36. The molecule has 78 valence electrons. The molecule has 0 rings (SSSR count). The first-order valence-corrected chi connectivity index (χ1v) is 4.71. The van der Waals surface area contributed by atoms with Crippen LogP contribution in [0.5, 0.6) is 0 Å². The van der Waals surface area contributed by atoms with Crippen molar-refractivity contribution in [3.8, 4) is 0 Å². The van der Waals surface area contributed by atoms with Gasteiger partial charge in [-0.1, -0.05) is 30.9 Å². The topological polar surface area (TPSA) is 29.1 Å². The molecule has 0 aliphatic heterocycles. The predicted molar refractivity (Wildman–Crippen MR) is 61.0 cm³/mol. The third-order valence-electron chi connectivity index (χ3n) is 1.81. The molecule has 0 saturated carbocycles. The summed E-state index contributed by atoms with van der Waals surface area (Å²) in [6.45, 7) is 9.60. The molecule has 1 amide bonds. The lowest BCUT2D eigenvalue weighted by Gasteiger charge is -2.24. The molecule has 0 aromatic rings. The summed E-state index contributed by atoms with van der Waals surface area (Å²) in [5.74, 6) is 0. The van der Waals surface area contributed by atoms with Crippen molar-refractivity contribution in [1.82, 2.24) is 5.32 Å². The van der Waals surface area contributed by atoms with Crippen molar-refractivity contribution >= 4 is 6.41 Å². The maximum atomic E-state index is 10.3. The third-order valence-corrected chi connectivity index (χ3v) is 1.81. The molecule has 2 nitrogen and oxygen atoms in total. The summed E-state index contributed by atoms with van der Waals surface area (Å²) >= 11 is 0. The fourth-order valence-electron chi connectivity index (χ4n) is 1.26. The highest BCUT2D eigenvalue weighted by atomic mass is 16.1. The van der Waals surface area contributed by atoms with Crippen LogP contribution in [0.3, 0.4) is 0 Å². The van der Waals surface area contributed by atoms with Crippen molar-refractivity contribution in [2.45, 2.75) is 32.7 Å². The van der Waals surface area contributed by atoms with E-state index in [9.17, 15) is 4.79 Å². The molecule has 14 heavy (non-hydrogen) atoms. The molecule has 0 bridgehead atoms. The van der Waals surface area contributed by atoms with E-state index in [0.29, 0.717) is 0 Å². The first-order valence-electron chi connectivity index (χ1n) is 4.71. The zero-order valence-electron chi connectivity index (χ0n) is 9.21. The summed E-state index contributed by atoms with van der Waals surface area (Å²) in [6, 6.07) is 0. The van der Waals surface area contributed by atoms with Crippen molar-refractivity contribution in [3.63, 3.8) is 0 Å². The Hall–Kier alpha value is -1.31. The van der Waals surface area contributed by atoms with Crippen molar-refractivity contribution in [2.24, 2.45) is 0 Å². The Morgan fingerprint density at radius 1 is 1.50 bits per heavy atom. The minimum Gasteiger partial charge on any atom is -0.353 e. The van der Waals surface area contributed by atoms with Crippen LogP contribution in [0.2, 0.25) is 0 Å². The summed E-state index contributed by atoms with van der Waals surface area (Å²) in [5, 5.41) is 2.78. The van der Waals surface area contributed by atoms with Gasteiger partial charge in [0.2, 0.25) is 6.41 Å². The van der Waals surface area contributed by atoms with Gasteiger partial charge in [0.15, 0.2) is 0 Å². The summed E-state index contributed by atoms with van der Waals surface area (Å²) < 4.78 is 0. The zero-order valence-corrected chi connectivity index (χ0v) is 9.21. The van der Waals surface area contributed by atoms with E-state index in [1.54, 1.807) is 6.08 Å². The van der Waals surface area contributed by atoms with Crippen molar-refractivity contribution in [3.05, 3.63) is 36.5 Å². The maximum absolute atomic E-state index is 10.3. The molecule has 0 saturated heterocycles. The smallest absolute Gasteiger partial charge is 0.207 e. The zero-order chi connectivity index (χ0) is 11.0. The Morgan fingerprint density at radius 3 is 2.57 bits per heavy atom. The van der Waals surface area contributed by atoms with Crippen molar-refractivity contribution in [1.29, 1.82) is 0 Å². The molecule has 0 radical (unpaired) electrons. The van der Waals surface area contributed by atoms with Gasteiger partial charge < -0.3 is 5.32 Å². The Bertz CT molecular complexity index is 249.